The monoisotopic (exact) mass is 374 g/mol. The second-order valence-corrected chi connectivity index (χ2v) is 5.93. The average molecular weight is 374 g/mol. The Balaban J connectivity index is 1.68. The molecule has 0 radical (unpaired) electrons. The van der Waals surface area contributed by atoms with Crippen molar-refractivity contribution in [3.8, 4) is 17.4 Å². The summed E-state index contributed by atoms with van der Waals surface area (Å²) in [6.07, 6.45) is 1.49. The number of aromatic amines is 1. The lowest BCUT2D eigenvalue weighted by Gasteiger charge is -1.97. The fraction of sp³-hybridized carbons (Fsp3) is 0. The number of nitro benzene ring substituents is 1. The van der Waals surface area contributed by atoms with Gasteiger partial charge < -0.3 is 9.40 Å². The lowest BCUT2D eigenvalue weighted by atomic mass is 10.1. The Morgan fingerprint density at radius 3 is 2.89 bits per heavy atom. The highest BCUT2D eigenvalue weighted by molar-refractivity contribution is 5.89. The number of nitro groups is 1. The maximum absolute atomic E-state index is 13.3. The first-order chi connectivity index (χ1) is 13.5. The maximum Gasteiger partial charge on any atom is 0.270 e. The van der Waals surface area contributed by atoms with Crippen LogP contribution in [0.25, 0.3) is 34.0 Å². The second kappa shape index (κ2) is 6.81. The van der Waals surface area contributed by atoms with Gasteiger partial charge in [-0.15, -0.1) is 0 Å². The number of fused-ring (bicyclic) bond motifs is 1. The number of aromatic nitrogens is 2. The second-order valence-electron chi connectivity index (χ2n) is 5.93. The molecule has 0 unspecified atom stereocenters. The molecule has 1 N–H and O–H groups in total. The van der Waals surface area contributed by atoms with Crippen molar-refractivity contribution in [3.63, 3.8) is 0 Å². The van der Waals surface area contributed by atoms with E-state index in [0.29, 0.717) is 28.1 Å². The molecule has 0 fully saturated rings. The number of halogens is 1. The molecule has 28 heavy (non-hydrogen) atoms. The summed E-state index contributed by atoms with van der Waals surface area (Å²) < 4.78 is 19.0. The number of hydrogen-bond acceptors (Lipinski definition) is 5. The Morgan fingerprint density at radius 2 is 2.11 bits per heavy atom. The first-order valence-corrected chi connectivity index (χ1v) is 8.15. The molecule has 2 aromatic heterocycles. The molecule has 4 rings (SSSR count). The van der Waals surface area contributed by atoms with Crippen LogP contribution < -0.4 is 0 Å². The minimum atomic E-state index is -0.481. The van der Waals surface area contributed by atoms with Gasteiger partial charge in [-0.1, -0.05) is 12.1 Å². The lowest BCUT2D eigenvalue weighted by molar-refractivity contribution is -0.384. The minimum Gasteiger partial charge on any atom is -0.457 e. The van der Waals surface area contributed by atoms with E-state index < -0.39 is 10.7 Å². The van der Waals surface area contributed by atoms with Crippen LogP contribution in [-0.4, -0.2) is 14.9 Å². The largest absolute Gasteiger partial charge is 0.457 e. The van der Waals surface area contributed by atoms with Gasteiger partial charge in [0.1, 0.15) is 29.2 Å². The van der Waals surface area contributed by atoms with Gasteiger partial charge in [-0.25, -0.2) is 9.37 Å². The zero-order chi connectivity index (χ0) is 19.7. The van der Waals surface area contributed by atoms with Crippen LogP contribution in [-0.2, 0) is 0 Å². The van der Waals surface area contributed by atoms with Crippen molar-refractivity contribution < 1.29 is 13.7 Å². The average Bonchev–Trinajstić information content (AvgIpc) is 3.32. The maximum atomic E-state index is 13.3. The van der Waals surface area contributed by atoms with E-state index in [1.54, 1.807) is 24.3 Å². The zero-order valence-electron chi connectivity index (χ0n) is 14.2. The van der Waals surface area contributed by atoms with E-state index in [0.717, 1.165) is 0 Å². The number of nitrogens with zero attached hydrogens (tertiary/aromatic N) is 3. The van der Waals surface area contributed by atoms with Crippen molar-refractivity contribution in [2.24, 2.45) is 0 Å². The highest BCUT2D eigenvalue weighted by atomic mass is 19.1. The number of non-ortho nitro benzene ring substituents is 1. The Bertz CT molecular complexity index is 1280. The number of furan rings is 1. The molecule has 0 amide bonds. The third kappa shape index (κ3) is 3.24. The number of allylic oxidation sites excluding steroid dienone is 1. The summed E-state index contributed by atoms with van der Waals surface area (Å²) in [4.78, 5) is 17.6. The smallest absolute Gasteiger partial charge is 0.270 e. The van der Waals surface area contributed by atoms with Crippen LogP contribution in [0.5, 0.6) is 0 Å². The Hall–Kier alpha value is -4.25. The highest BCUT2D eigenvalue weighted by Crippen LogP contribution is 2.27. The number of hydrogen-bond donors (Lipinski definition) is 1. The molecule has 0 saturated heterocycles. The Kier molecular flexibility index (Phi) is 4.18. The van der Waals surface area contributed by atoms with Crippen LogP contribution >= 0.6 is 0 Å². The predicted octanol–water partition coefficient (Wildman–Crippen LogP) is 4.93. The van der Waals surface area contributed by atoms with Gasteiger partial charge in [-0.05, 0) is 30.3 Å². The standard InChI is InChI=1S/C20H11FN4O3/c21-14-4-6-17-18(10-14)24-20(23-17)13(11-22)9-16-5-7-19(28-16)12-2-1-3-15(8-12)25(26)27/h1-10H,(H,23,24)/b13-9-. The van der Waals surface area contributed by atoms with Crippen molar-refractivity contribution in [1.29, 1.82) is 5.26 Å². The minimum absolute atomic E-state index is 0.0433. The number of nitrogens with one attached hydrogen (secondary N) is 1. The molecular weight excluding hydrogens is 363 g/mol. The molecule has 7 nitrogen and oxygen atoms in total. The molecule has 136 valence electrons. The van der Waals surface area contributed by atoms with Gasteiger partial charge in [-0.2, -0.15) is 5.26 Å². The van der Waals surface area contributed by atoms with Crippen LogP contribution in [0.15, 0.2) is 59.0 Å². The lowest BCUT2D eigenvalue weighted by Crippen LogP contribution is -1.87. The van der Waals surface area contributed by atoms with E-state index in [2.05, 4.69) is 9.97 Å². The Labute approximate surface area is 157 Å². The van der Waals surface area contributed by atoms with Gasteiger partial charge >= 0.3 is 0 Å². The quantitative estimate of drug-likeness (QED) is 0.309. The molecule has 0 saturated carbocycles. The molecule has 0 aliphatic carbocycles. The SMILES string of the molecule is N#C/C(=C/c1ccc(-c2cccc([N+](=O)[O-])c2)o1)c1nc2ccc(F)cc2[nH]1. The summed E-state index contributed by atoms with van der Waals surface area (Å²) in [5, 5.41) is 20.4. The topological polar surface area (TPSA) is 109 Å². The molecule has 0 aliphatic rings. The van der Waals surface area contributed by atoms with E-state index in [9.17, 15) is 19.8 Å². The number of imidazole rings is 1. The van der Waals surface area contributed by atoms with Gasteiger partial charge in [0.05, 0.1) is 21.5 Å². The van der Waals surface area contributed by atoms with Crippen molar-refractivity contribution in [3.05, 3.63) is 82.1 Å². The van der Waals surface area contributed by atoms with Crippen LogP contribution in [0, 0.1) is 27.3 Å². The van der Waals surface area contributed by atoms with Gasteiger partial charge in [-0.3, -0.25) is 10.1 Å². The summed E-state index contributed by atoms with van der Waals surface area (Å²) in [5.41, 5.74) is 1.73. The summed E-state index contributed by atoms with van der Waals surface area (Å²) >= 11 is 0. The fourth-order valence-electron chi connectivity index (χ4n) is 2.76. The molecule has 0 spiro atoms. The molecular formula is C20H11FN4O3. The summed E-state index contributed by atoms with van der Waals surface area (Å²) in [5.74, 6) is 0.692. The summed E-state index contributed by atoms with van der Waals surface area (Å²) in [7, 11) is 0. The normalized spacial score (nSPS) is 11.5. The van der Waals surface area contributed by atoms with Gasteiger partial charge in [0.2, 0.25) is 0 Å². The molecule has 0 bridgehead atoms. The summed E-state index contributed by atoms with van der Waals surface area (Å²) in [6.45, 7) is 0. The Morgan fingerprint density at radius 1 is 1.25 bits per heavy atom. The molecule has 0 atom stereocenters. The summed E-state index contributed by atoms with van der Waals surface area (Å²) in [6, 6.07) is 15.5. The first-order valence-electron chi connectivity index (χ1n) is 8.15. The van der Waals surface area contributed by atoms with E-state index >= 15 is 0 Å². The first kappa shape index (κ1) is 17.2. The van der Waals surface area contributed by atoms with Crippen molar-refractivity contribution in [2.75, 3.05) is 0 Å². The van der Waals surface area contributed by atoms with Crippen molar-refractivity contribution >= 4 is 28.4 Å². The van der Waals surface area contributed by atoms with Gasteiger partial charge in [0.15, 0.2) is 0 Å². The number of benzene rings is 2. The highest BCUT2D eigenvalue weighted by Gasteiger charge is 2.12. The number of H-pyrrole nitrogens is 1. The van der Waals surface area contributed by atoms with Crippen LogP contribution in [0.3, 0.4) is 0 Å². The van der Waals surface area contributed by atoms with E-state index in [4.69, 9.17) is 4.42 Å². The van der Waals surface area contributed by atoms with Gasteiger partial charge in [0, 0.05) is 23.8 Å². The van der Waals surface area contributed by atoms with E-state index in [1.165, 1.54) is 36.4 Å². The van der Waals surface area contributed by atoms with Crippen molar-refractivity contribution in [2.45, 2.75) is 0 Å². The fourth-order valence-corrected chi connectivity index (χ4v) is 2.76. The number of nitriles is 1. The molecule has 2 heterocycles. The van der Waals surface area contributed by atoms with Gasteiger partial charge in [0.25, 0.3) is 5.69 Å². The predicted molar refractivity (Wildman–Crippen MR) is 100 cm³/mol. The molecule has 4 aromatic rings. The molecule has 2 aromatic carbocycles. The zero-order valence-corrected chi connectivity index (χ0v) is 14.2. The van der Waals surface area contributed by atoms with Crippen molar-refractivity contribution in [1.82, 2.24) is 9.97 Å². The molecule has 8 heteroatoms. The van der Waals surface area contributed by atoms with Crippen LogP contribution in [0.1, 0.15) is 11.6 Å². The van der Waals surface area contributed by atoms with E-state index in [1.807, 2.05) is 6.07 Å². The van der Waals surface area contributed by atoms with Crippen LogP contribution in [0.2, 0.25) is 0 Å². The third-order valence-corrected chi connectivity index (χ3v) is 4.07. The molecule has 0 aliphatic heterocycles. The number of rotatable bonds is 4. The van der Waals surface area contributed by atoms with Crippen LogP contribution in [0.4, 0.5) is 10.1 Å². The third-order valence-electron chi connectivity index (χ3n) is 4.07. The van der Waals surface area contributed by atoms with E-state index in [-0.39, 0.29) is 17.1 Å².